The molecule has 1 atom stereocenters. The molecule has 0 bridgehead atoms. The predicted octanol–water partition coefficient (Wildman–Crippen LogP) is 4.70. The Morgan fingerprint density at radius 2 is 2.09 bits per heavy atom. The van der Waals surface area contributed by atoms with Crippen LogP contribution in [-0.4, -0.2) is 20.7 Å². The molecule has 5 nitrogen and oxygen atoms in total. The van der Waals surface area contributed by atoms with Crippen molar-refractivity contribution in [1.29, 1.82) is 0 Å². The third-order valence-corrected chi connectivity index (χ3v) is 4.66. The van der Waals surface area contributed by atoms with Crippen LogP contribution in [0, 0.1) is 4.77 Å². The van der Waals surface area contributed by atoms with Crippen molar-refractivity contribution in [1.82, 2.24) is 14.8 Å². The van der Waals surface area contributed by atoms with Crippen LogP contribution in [0.2, 0.25) is 4.34 Å². The van der Waals surface area contributed by atoms with Gasteiger partial charge in [0.1, 0.15) is 0 Å². The van der Waals surface area contributed by atoms with E-state index >= 15 is 0 Å². The summed E-state index contributed by atoms with van der Waals surface area (Å²) >= 11 is 12.6. The van der Waals surface area contributed by atoms with Crippen LogP contribution >= 0.6 is 35.2 Å². The summed E-state index contributed by atoms with van der Waals surface area (Å²) in [6, 6.07) is 12.4. The average Bonchev–Trinajstić information content (AvgIpc) is 3.13. The molecular formula is C15H12ClN3O2S2. The number of carbonyl (C=O) groups is 1. The van der Waals surface area contributed by atoms with Crippen molar-refractivity contribution in [3.63, 3.8) is 0 Å². The molecule has 0 radical (unpaired) electrons. The van der Waals surface area contributed by atoms with E-state index in [2.05, 4.69) is 10.2 Å². The number of aromatic nitrogens is 3. The summed E-state index contributed by atoms with van der Waals surface area (Å²) < 4.78 is 8.17. The minimum atomic E-state index is -0.607. The van der Waals surface area contributed by atoms with Gasteiger partial charge in [0, 0.05) is 0 Å². The van der Waals surface area contributed by atoms with E-state index in [1.165, 1.54) is 11.3 Å². The van der Waals surface area contributed by atoms with Crippen LogP contribution in [0.5, 0.6) is 0 Å². The Kier molecular flexibility index (Phi) is 4.61. The number of nitrogens with one attached hydrogen (secondary N) is 1. The Labute approximate surface area is 146 Å². The van der Waals surface area contributed by atoms with Crippen molar-refractivity contribution in [3.05, 3.63) is 57.1 Å². The molecule has 1 unspecified atom stereocenters. The summed E-state index contributed by atoms with van der Waals surface area (Å²) in [5.74, 6) is 0.164. The van der Waals surface area contributed by atoms with Gasteiger partial charge < -0.3 is 4.74 Å². The van der Waals surface area contributed by atoms with E-state index in [1.54, 1.807) is 41.8 Å². The lowest BCUT2D eigenvalue weighted by atomic mass is 10.2. The second-order valence-corrected chi connectivity index (χ2v) is 6.80. The van der Waals surface area contributed by atoms with Crippen LogP contribution in [-0.2, 0) is 4.74 Å². The largest absolute Gasteiger partial charge is 0.438 e. The maximum absolute atomic E-state index is 12.2. The van der Waals surface area contributed by atoms with Gasteiger partial charge in [0.05, 0.1) is 14.8 Å². The molecule has 0 fully saturated rings. The van der Waals surface area contributed by atoms with Gasteiger partial charge in [0.15, 0.2) is 16.8 Å². The van der Waals surface area contributed by atoms with Crippen molar-refractivity contribution in [3.8, 4) is 10.7 Å². The number of rotatable bonds is 4. The lowest BCUT2D eigenvalue weighted by molar-refractivity contribution is 0.0158. The van der Waals surface area contributed by atoms with Gasteiger partial charge in [-0.15, -0.1) is 11.3 Å². The minimum absolute atomic E-state index is 0.373. The summed E-state index contributed by atoms with van der Waals surface area (Å²) in [6.45, 7) is 1.74. The molecule has 0 amide bonds. The lowest BCUT2D eigenvalue weighted by Gasteiger charge is -2.16. The monoisotopic (exact) mass is 365 g/mol. The Balaban J connectivity index is 1.88. The van der Waals surface area contributed by atoms with Crippen molar-refractivity contribution in [2.45, 2.75) is 13.2 Å². The number of hydrogen-bond donors (Lipinski definition) is 1. The first-order chi connectivity index (χ1) is 11.1. The van der Waals surface area contributed by atoms with Crippen molar-refractivity contribution in [2.75, 3.05) is 0 Å². The molecule has 2 heterocycles. The molecule has 1 N–H and O–H groups in total. The SMILES string of the molecule is CC(OC(=O)c1ccccc1)n1c(-c2ccc(Cl)s2)n[nH]c1=S. The maximum atomic E-state index is 12.2. The van der Waals surface area contributed by atoms with Gasteiger partial charge in [-0.05, 0) is 43.4 Å². The zero-order valence-electron chi connectivity index (χ0n) is 12.0. The highest BCUT2D eigenvalue weighted by molar-refractivity contribution is 7.71. The Morgan fingerprint density at radius 1 is 1.35 bits per heavy atom. The zero-order valence-corrected chi connectivity index (χ0v) is 14.4. The van der Waals surface area contributed by atoms with Gasteiger partial charge in [-0.1, -0.05) is 29.8 Å². The first kappa shape index (κ1) is 15.9. The highest BCUT2D eigenvalue weighted by Crippen LogP contribution is 2.31. The first-order valence-electron chi connectivity index (χ1n) is 6.75. The summed E-state index contributed by atoms with van der Waals surface area (Å²) in [5.41, 5.74) is 0.482. The minimum Gasteiger partial charge on any atom is -0.438 e. The van der Waals surface area contributed by atoms with Crippen LogP contribution in [0.1, 0.15) is 23.5 Å². The predicted molar refractivity (Wildman–Crippen MR) is 92.3 cm³/mol. The molecular weight excluding hydrogens is 354 g/mol. The number of halogens is 1. The molecule has 23 heavy (non-hydrogen) atoms. The van der Waals surface area contributed by atoms with Gasteiger partial charge in [0.2, 0.25) is 0 Å². The second-order valence-electron chi connectivity index (χ2n) is 4.70. The summed E-state index contributed by atoms with van der Waals surface area (Å²) in [4.78, 5) is 13.0. The average molecular weight is 366 g/mol. The van der Waals surface area contributed by atoms with Crippen LogP contribution < -0.4 is 0 Å². The molecule has 118 valence electrons. The Bertz CT molecular complexity index is 886. The zero-order chi connectivity index (χ0) is 16.4. The number of thiophene rings is 1. The van der Waals surface area contributed by atoms with E-state index < -0.39 is 12.2 Å². The van der Waals surface area contributed by atoms with Gasteiger partial charge in [-0.3, -0.25) is 9.67 Å². The normalized spacial score (nSPS) is 12.1. The van der Waals surface area contributed by atoms with Gasteiger partial charge in [0.25, 0.3) is 0 Å². The third kappa shape index (κ3) is 3.36. The maximum Gasteiger partial charge on any atom is 0.340 e. The molecule has 0 aliphatic carbocycles. The Morgan fingerprint density at radius 3 is 2.74 bits per heavy atom. The summed E-state index contributed by atoms with van der Waals surface area (Å²) in [7, 11) is 0. The molecule has 3 rings (SSSR count). The third-order valence-electron chi connectivity index (χ3n) is 3.15. The lowest BCUT2D eigenvalue weighted by Crippen LogP contribution is -2.15. The van der Waals surface area contributed by atoms with E-state index in [1.807, 2.05) is 12.1 Å². The van der Waals surface area contributed by atoms with Crippen molar-refractivity contribution in [2.24, 2.45) is 0 Å². The molecule has 8 heteroatoms. The van der Waals surface area contributed by atoms with Gasteiger partial charge >= 0.3 is 5.97 Å². The molecule has 0 aliphatic rings. The van der Waals surface area contributed by atoms with E-state index in [0.717, 1.165) is 4.88 Å². The van der Waals surface area contributed by atoms with Crippen molar-refractivity contribution < 1.29 is 9.53 Å². The van der Waals surface area contributed by atoms with Crippen LogP contribution in [0.25, 0.3) is 10.7 Å². The quantitative estimate of drug-likeness (QED) is 0.537. The van der Waals surface area contributed by atoms with Gasteiger partial charge in [-0.2, -0.15) is 5.10 Å². The second kappa shape index (κ2) is 6.66. The number of ether oxygens (including phenoxy) is 1. The molecule has 0 saturated carbocycles. The van der Waals surface area contributed by atoms with Crippen LogP contribution in [0.4, 0.5) is 0 Å². The number of hydrogen-bond acceptors (Lipinski definition) is 5. The summed E-state index contributed by atoms with van der Waals surface area (Å²) in [6.07, 6.45) is -0.607. The Hall–Kier alpha value is -1.96. The fraction of sp³-hybridized carbons (Fsp3) is 0.133. The topological polar surface area (TPSA) is 59.9 Å². The number of benzene rings is 1. The molecule has 0 spiro atoms. The van der Waals surface area contributed by atoms with E-state index in [0.29, 0.717) is 20.5 Å². The highest BCUT2D eigenvalue weighted by Gasteiger charge is 2.19. The highest BCUT2D eigenvalue weighted by atomic mass is 35.5. The number of nitrogens with zero attached hydrogens (tertiary/aromatic N) is 2. The standard InChI is InChI=1S/C15H12ClN3O2S2/c1-9(21-14(20)10-5-3-2-4-6-10)19-13(17-18-15(19)22)11-7-8-12(16)23-11/h2-9H,1H3,(H,18,22). The number of H-pyrrole nitrogens is 1. The van der Waals surface area contributed by atoms with Crippen LogP contribution in [0.15, 0.2) is 42.5 Å². The van der Waals surface area contributed by atoms with Gasteiger partial charge in [-0.25, -0.2) is 4.79 Å². The van der Waals surface area contributed by atoms with E-state index in [9.17, 15) is 4.79 Å². The molecule has 2 aromatic heterocycles. The smallest absolute Gasteiger partial charge is 0.340 e. The first-order valence-corrected chi connectivity index (χ1v) is 8.35. The molecule has 3 aromatic rings. The van der Waals surface area contributed by atoms with E-state index in [-0.39, 0.29) is 0 Å². The number of aromatic amines is 1. The molecule has 0 saturated heterocycles. The molecule has 1 aromatic carbocycles. The summed E-state index contributed by atoms with van der Waals surface area (Å²) in [5, 5.41) is 6.93. The number of esters is 1. The molecule has 0 aliphatic heterocycles. The number of carbonyl (C=O) groups excluding carboxylic acids is 1. The van der Waals surface area contributed by atoms with E-state index in [4.69, 9.17) is 28.6 Å². The van der Waals surface area contributed by atoms with Crippen LogP contribution in [0.3, 0.4) is 0 Å². The fourth-order valence-electron chi connectivity index (χ4n) is 2.10. The van der Waals surface area contributed by atoms with Crippen molar-refractivity contribution >= 4 is 41.1 Å². The fourth-order valence-corrected chi connectivity index (χ4v) is 3.41.